The predicted octanol–water partition coefficient (Wildman–Crippen LogP) is 0.922. The second-order valence-electron chi connectivity index (χ2n) is 5.62. The van der Waals surface area contributed by atoms with E-state index in [1.807, 2.05) is 12.1 Å². The monoisotopic (exact) mass is 341 g/mol. The lowest BCUT2D eigenvalue weighted by Crippen LogP contribution is -2.42. The summed E-state index contributed by atoms with van der Waals surface area (Å²) < 4.78 is 26.9. The summed E-state index contributed by atoms with van der Waals surface area (Å²) in [6.07, 6.45) is -0.523. The summed E-state index contributed by atoms with van der Waals surface area (Å²) in [4.78, 5) is 2.18. The molecule has 0 aromatic heterocycles. The van der Waals surface area contributed by atoms with Gasteiger partial charge in [-0.3, -0.25) is 4.90 Å². The number of hydrogen-bond acceptors (Lipinski definition) is 7. The van der Waals surface area contributed by atoms with Gasteiger partial charge in [0.05, 0.1) is 53.9 Å². The van der Waals surface area contributed by atoms with Crippen molar-refractivity contribution in [3.63, 3.8) is 0 Å². The van der Waals surface area contributed by atoms with Gasteiger partial charge in [0.15, 0.2) is 11.5 Å². The van der Waals surface area contributed by atoms with Gasteiger partial charge >= 0.3 is 0 Å². The molecular formula is C17H27NO6. The van der Waals surface area contributed by atoms with Crippen LogP contribution in [0.1, 0.15) is 5.56 Å². The van der Waals surface area contributed by atoms with Crippen LogP contribution in [0.2, 0.25) is 0 Å². The smallest absolute Gasteiger partial charge is 0.203 e. The van der Waals surface area contributed by atoms with E-state index in [4.69, 9.17) is 23.7 Å². The van der Waals surface area contributed by atoms with Crippen molar-refractivity contribution in [2.24, 2.45) is 0 Å². The third kappa shape index (κ3) is 5.24. The lowest BCUT2D eigenvalue weighted by molar-refractivity contribution is -0.0175. The lowest BCUT2D eigenvalue weighted by atomic mass is 10.2. The summed E-state index contributed by atoms with van der Waals surface area (Å²) >= 11 is 0. The van der Waals surface area contributed by atoms with Crippen LogP contribution >= 0.6 is 0 Å². The Balaban J connectivity index is 1.84. The molecule has 1 heterocycles. The van der Waals surface area contributed by atoms with E-state index in [1.165, 1.54) is 0 Å². The molecule has 7 nitrogen and oxygen atoms in total. The average Bonchev–Trinajstić information content (AvgIpc) is 2.61. The summed E-state index contributed by atoms with van der Waals surface area (Å²) in [6, 6.07) is 3.69. The first kappa shape index (κ1) is 18.8. The van der Waals surface area contributed by atoms with Crippen molar-refractivity contribution in [3.8, 4) is 17.2 Å². The maximum atomic E-state index is 10.1. The van der Waals surface area contributed by atoms with Gasteiger partial charge in [0, 0.05) is 19.6 Å². The van der Waals surface area contributed by atoms with Crippen molar-refractivity contribution in [1.82, 2.24) is 4.90 Å². The lowest BCUT2D eigenvalue weighted by Gasteiger charge is -2.28. The van der Waals surface area contributed by atoms with E-state index < -0.39 is 6.10 Å². The molecule has 136 valence electrons. The highest BCUT2D eigenvalue weighted by Crippen LogP contribution is 2.38. The highest BCUT2D eigenvalue weighted by atomic mass is 16.5. The molecule has 1 fully saturated rings. The van der Waals surface area contributed by atoms with Gasteiger partial charge < -0.3 is 28.8 Å². The fourth-order valence-corrected chi connectivity index (χ4v) is 2.67. The minimum Gasteiger partial charge on any atom is -0.493 e. The number of β-amino-alcohol motifs (C(OH)–C–C–N with tert-alkyl or cyclic N) is 1. The first-order valence-corrected chi connectivity index (χ1v) is 8.02. The molecule has 0 saturated carbocycles. The molecule has 1 aliphatic heterocycles. The standard InChI is InChI=1S/C17H27NO6/c1-20-15-8-13(9-16(21-2)17(15)22-3)11-24-12-14(19)10-18-4-6-23-7-5-18/h8-9,14,19H,4-7,10-12H2,1-3H3/t14-/m0/s1. The van der Waals surface area contributed by atoms with Gasteiger partial charge in [0.25, 0.3) is 0 Å². The first-order valence-electron chi connectivity index (χ1n) is 8.02. The molecule has 1 aliphatic rings. The van der Waals surface area contributed by atoms with E-state index in [1.54, 1.807) is 21.3 Å². The van der Waals surface area contributed by atoms with Crippen molar-refractivity contribution in [2.45, 2.75) is 12.7 Å². The maximum Gasteiger partial charge on any atom is 0.203 e. The van der Waals surface area contributed by atoms with Crippen molar-refractivity contribution < 1.29 is 28.8 Å². The summed E-state index contributed by atoms with van der Waals surface area (Å²) in [5.74, 6) is 1.73. The number of aliphatic hydroxyl groups is 1. The molecule has 7 heteroatoms. The van der Waals surface area contributed by atoms with E-state index >= 15 is 0 Å². The number of nitrogens with zero attached hydrogens (tertiary/aromatic N) is 1. The van der Waals surface area contributed by atoms with Crippen molar-refractivity contribution in [3.05, 3.63) is 17.7 Å². The molecule has 0 amide bonds. The average molecular weight is 341 g/mol. The van der Waals surface area contributed by atoms with Crippen LogP contribution in [0.15, 0.2) is 12.1 Å². The summed E-state index contributed by atoms with van der Waals surface area (Å²) in [5.41, 5.74) is 0.892. The Kier molecular flexibility index (Phi) is 7.58. The number of benzene rings is 1. The normalized spacial score (nSPS) is 16.7. The van der Waals surface area contributed by atoms with E-state index in [-0.39, 0.29) is 6.61 Å². The number of morpholine rings is 1. The largest absolute Gasteiger partial charge is 0.493 e. The number of methoxy groups -OCH3 is 3. The number of rotatable bonds is 9. The molecule has 0 spiro atoms. The van der Waals surface area contributed by atoms with Gasteiger partial charge in [-0.15, -0.1) is 0 Å². The first-order chi connectivity index (χ1) is 11.7. The number of aliphatic hydroxyl groups excluding tert-OH is 1. The Labute approximate surface area is 143 Å². The van der Waals surface area contributed by atoms with E-state index in [0.29, 0.717) is 30.4 Å². The molecule has 1 saturated heterocycles. The maximum absolute atomic E-state index is 10.1. The van der Waals surface area contributed by atoms with Gasteiger partial charge in [0.2, 0.25) is 5.75 Å². The molecule has 2 rings (SSSR count). The van der Waals surface area contributed by atoms with Crippen molar-refractivity contribution in [2.75, 3.05) is 60.8 Å². The molecule has 0 radical (unpaired) electrons. The molecule has 0 bridgehead atoms. The summed E-state index contributed by atoms with van der Waals surface area (Å²) in [5, 5.41) is 10.1. The summed E-state index contributed by atoms with van der Waals surface area (Å²) in [6.45, 7) is 4.37. The fourth-order valence-electron chi connectivity index (χ4n) is 2.67. The third-order valence-corrected chi connectivity index (χ3v) is 3.88. The van der Waals surface area contributed by atoms with Crippen LogP contribution < -0.4 is 14.2 Å². The van der Waals surface area contributed by atoms with E-state index in [0.717, 1.165) is 31.9 Å². The molecular weight excluding hydrogens is 314 g/mol. The van der Waals surface area contributed by atoms with Crippen LogP contribution in [0.4, 0.5) is 0 Å². The highest BCUT2D eigenvalue weighted by Gasteiger charge is 2.16. The molecule has 0 unspecified atom stereocenters. The Bertz CT molecular complexity index is 479. The highest BCUT2D eigenvalue weighted by molar-refractivity contribution is 5.53. The minimum absolute atomic E-state index is 0.272. The Morgan fingerprint density at radius 2 is 1.71 bits per heavy atom. The second kappa shape index (κ2) is 9.68. The quantitative estimate of drug-likeness (QED) is 0.716. The molecule has 24 heavy (non-hydrogen) atoms. The Morgan fingerprint density at radius 1 is 1.08 bits per heavy atom. The zero-order valence-corrected chi connectivity index (χ0v) is 14.6. The topological polar surface area (TPSA) is 69.6 Å². The van der Waals surface area contributed by atoms with E-state index in [9.17, 15) is 5.11 Å². The number of hydrogen-bond donors (Lipinski definition) is 1. The van der Waals surface area contributed by atoms with Crippen molar-refractivity contribution in [1.29, 1.82) is 0 Å². The van der Waals surface area contributed by atoms with Gasteiger partial charge in [-0.05, 0) is 17.7 Å². The fraction of sp³-hybridized carbons (Fsp3) is 0.647. The van der Waals surface area contributed by atoms with Crippen LogP contribution in [0.25, 0.3) is 0 Å². The minimum atomic E-state index is -0.523. The van der Waals surface area contributed by atoms with Crippen LogP contribution in [0.3, 0.4) is 0 Å². The van der Waals surface area contributed by atoms with Crippen LogP contribution in [-0.2, 0) is 16.1 Å². The Hall–Kier alpha value is -1.54. The molecule has 0 aliphatic carbocycles. The molecule has 1 atom stereocenters. The van der Waals surface area contributed by atoms with Gasteiger partial charge in [-0.25, -0.2) is 0 Å². The number of ether oxygens (including phenoxy) is 5. The summed E-state index contributed by atoms with van der Waals surface area (Å²) in [7, 11) is 4.72. The SMILES string of the molecule is COc1cc(COC[C@@H](O)CN2CCOCC2)cc(OC)c1OC. The predicted molar refractivity (Wildman–Crippen MR) is 89.0 cm³/mol. The van der Waals surface area contributed by atoms with Gasteiger partial charge in [-0.1, -0.05) is 0 Å². The van der Waals surface area contributed by atoms with Gasteiger partial charge in [-0.2, -0.15) is 0 Å². The second-order valence-corrected chi connectivity index (χ2v) is 5.62. The Morgan fingerprint density at radius 3 is 2.25 bits per heavy atom. The van der Waals surface area contributed by atoms with Crippen LogP contribution in [0, 0.1) is 0 Å². The zero-order valence-electron chi connectivity index (χ0n) is 14.6. The molecule has 1 N–H and O–H groups in total. The molecule has 1 aromatic rings. The van der Waals surface area contributed by atoms with Crippen LogP contribution in [-0.4, -0.2) is 76.9 Å². The van der Waals surface area contributed by atoms with Crippen molar-refractivity contribution >= 4 is 0 Å². The van der Waals surface area contributed by atoms with Crippen LogP contribution in [0.5, 0.6) is 17.2 Å². The zero-order chi connectivity index (χ0) is 17.4. The molecule has 1 aromatic carbocycles. The van der Waals surface area contributed by atoms with E-state index in [2.05, 4.69) is 4.90 Å². The third-order valence-electron chi connectivity index (χ3n) is 3.88. The van der Waals surface area contributed by atoms with Gasteiger partial charge in [0.1, 0.15) is 0 Å².